The minimum atomic E-state index is -0.558. The highest BCUT2D eigenvalue weighted by molar-refractivity contribution is 6.32. The topological polar surface area (TPSA) is 71.3 Å². The van der Waals surface area contributed by atoms with E-state index in [4.69, 9.17) is 32.7 Å². The van der Waals surface area contributed by atoms with Crippen molar-refractivity contribution in [1.29, 1.82) is 5.26 Å². The van der Waals surface area contributed by atoms with E-state index in [2.05, 4.69) is 5.32 Å². The summed E-state index contributed by atoms with van der Waals surface area (Å²) in [7, 11) is 1.49. The lowest BCUT2D eigenvalue weighted by molar-refractivity contribution is -0.112. The molecule has 3 aromatic carbocycles. The predicted molar refractivity (Wildman–Crippen MR) is 127 cm³/mol. The molecule has 0 aliphatic heterocycles. The number of amides is 1. The van der Waals surface area contributed by atoms with E-state index in [0.29, 0.717) is 39.4 Å². The third-order valence-electron chi connectivity index (χ3n) is 4.60. The lowest BCUT2D eigenvalue weighted by Crippen LogP contribution is -2.14. The van der Waals surface area contributed by atoms with Crippen molar-refractivity contribution in [2.75, 3.05) is 12.4 Å². The summed E-state index contributed by atoms with van der Waals surface area (Å²) in [6.45, 7) is 2.15. The highest BCUT2D eigenvalue weighted by atomic mass is 35.5. The normalized spacial score (nSPS) is 10.9. The molecule has 0 spiro atoms. The Kier molecular flexibility index (Phi) is 7.77. The van der Waals surface area contributed by atoms with E-state index in [0.717, 1.165) is 11.1 Å². The maximum Gasteiger partial charge on any atom is 0.266 e. The Morgan fingerprint density at radius 2 is 1.88 bits per heavy atom. The minimum absolute atomic E-state index is 0.0968. The maximum absolute atomic E-state index is 12.6. The van der Waals surface area contributed by atoms with Crippen LogP contribution in [0.15, 0.2) is 66.2 Å². The number of hydrogen-bond acceptors (Lipinski definition) is 4. The molecule has 1 amide bonds. The molecule has 0 saturated carbocycles. The first-order valence-electron chi connectivity index (χ1n) is 9.65. The van der Waals surface area contributed by atoms with Crippen LogP contribution in [-0.4, -0.2) is 13.0 Å². The Morgan fingerprint density at radius 1 is 1.12 bits per heavy atom. The van der Waals surface area contributed by atoms with Gasteiger partial charge in [0.2, 0.25) is 0 Å². The Hall–Kier alpha value is -3.46. The summed E-state index contributed by atoms with van der Waals surface area (Å²) in [5.41, 5.74) is 2.76. The first kappa shape index (κ1) is 23.2. The fourth-order valence-corrected chi connectivity index (χ4v) is 3.37. The van der Waals surface area contributed by atoms with Crippen LogP contribution < -0.4 is 14.8 Å². The molecule has 3 rings (SSSR count). The van der Waals surface area contributed by atoms with Crippen molar-refractivity contribution in [2.45, 2.75) is 13.5 Å². The first-order valence-corrected chi connectivity index (χ1v) is 10.4. The summed E-state index contributed by atoms with van der Waals surface area (Å²) in [6, 6.07) is 20.0. The summed E-state index contributed by atoms with van der Waals surface area (Å²) in [5.74, 6) is 0.216. The highest BCUT2D eigenvalue weighted by Gasteiger charge is 2.15. The highest BCUT2D eigenvalue weighted by Crippen LogP contribution is 2.37. The van der Waals surface area contributed by atoms with E-state index in [1.807, 2.05) is 43.3 Å². The van der Waals surface area contributed by atoms with E-state index in [-0.39, 0.29) is 5.57 Å². The molecule has 7 heteroatoms. The smallest absolute Gasteiger partial charge is 0.266 e. The second kappa shape index (κ2) is 10.7. The van der Waals surface area contributed by atoms with E-state index >= 15 is 0 Å². The predicted octanol–water partition coefficient (Wildman–Crippen LogP) is 6.44. The molecule has 32 heavy (non-hydrogen) atoms. The van der Waals surface area contributed by atoms with Gasteiger partial charge in [-0.05, 0) is 54.0 Å². The van der Waals surface area contributed by atoms with Crippen LogP contribution in [0.3, 0.4) is 0 Å². The molecule has 0 heterocycles. The third kappa shape index (κ3) is 5.82. The van der Waals surface area contributed by atoms with Gasteiger partial charge in [0.15, 0.2) is 11.5 Å². The van der Waals surface area contributed by atoms with Crippen LogP contribution >= 0.6 is 23.2 Å². The minimum Gasteiger partial charge on any atom is -0.493 e. The number of nitrogens with zero attached hydrogens (tertiary/aromatic N) is 1. The molecular weight excluding hydrogens is 447 g/mol. The standard InChI is InChI=1S/C25H20Cl2N2O3/c1-16-8-9-20(26)13-22(16)29-25(30)19(14-28)10-18-11-21(27)24(23(12-18)31-2)32-15-17-6-4-3-5-7-17/h3-13H,15H2,1-2H3,(H,29,30)/b19-10+. The maximum atomic E-state index is 12.6. The summed E-state index contributed by atoms with van der Waals surface area (Å²) < 4.78 is 11.3. The number of methoxy groups -OCH3 is 1. The number of halogens is 2. The van der Waals surface area contributed by atoms with Crippen LogP contribution in [0.5, 0.6) is 11.5 Å². The van der Waals surface area contributed by atoms with Crippen LogP contribution in [-0.2, 0) is 11.4 Å². The zero-order valence-corrected chi connectivity index (χ0v) is 19.0. The van der Waals surface area contributed by atoms with Crippen molar-refractivity contribution in [3.63, 3.8) is 0 Å². The first-order chi connectivity index (χ1) is 15.4. The Labute approximate surface area is 196 Å². The molecule has 0 atom stereocenters. The Bertz CT molecular complexity index is 1200. The SMILES string of the molecule is COc1cc(/C=C(\C#N)C(=O)Nc2cc(Cl)ccc2C)cc(Cl)c1OCc1ccccc1. The molecule has 0 aliphatic rings. The Balaban J connectivity index is 1.84. The van der Waals surface area contributed by atoms with Gasteiger partial charge in [-0.2, -0.15) is 5.26 Å². The lowest BCUT2D eigenvalue weighted by Gasteiger charge is -2.14. The zero-order chi connectivity index (χ0) is 23.1. The largest absolute Gasteiger partial charge is 0.493 e. The van der Waals surface area contributed by atoms with Crippen LogP contribution in [0.2, 0.25) is 10.0 Å². The van der Waals surface area contributed by atoms with Gasteiger partial charge in [-0.15, -0.1) is 0 Å². The van der Waals surface area contributed by atoms with Gasteiger partial charge in [-0.25, -0.2) is 0 Å². The molecule has 0 radical (unpaired) electrons. The summed E-state index contributed by atoms with van der Waals surface area (Å²) in [4.78, 5) is 12.6. The number of hydrogen-bond donors (Lipinski definition) is 1. The number of ether oxygens (including phenoxy) is 2. The van der Waals surface area contributed by atoms with Gasteiger partial charge in [0.25, 0.3) is 5.91 Å². The third-order valence-corrected chi connectivity index (χ3v) is 5.12. The number of carbonyl (C=O) groups is 1. The van der Waals surface area contributed by atoms with Crippen molar-refractivity contribution in [1.82, 2.24) is 0 Å². The molecule has 0 bridgehead atoms. The number of aryl methyl sites for hydroxylation is 1. The zero-order valence-electron chi connectivity index (χ0n) is 17.5. The molecule has 0 unspecified atom stereocenters. The molecule has 1 N–H and O–H groups in total. The van der Waals surface area contributed by atoms with E-state index in [1.165, 1.54) is 13.2 Å². The summed E-state index contributed by atoms with van der Waals surface area (Å²) in [6.07, 6.45) is 1.44. The number of rotatable bonds is 7. The number of nitriles is 1. The summed E-state index contributed by atoms with van der Waals surface area (Å²) in [5, 5.41) is 13.0. The fraction of sp³-hybridized carbons (Fsp3) is 0.120. The van der Waals surface area contributed by atoms with E-state index in [9.17, 15) is 10.1 Å². The number of anilines is 1. The molecule has 3 aromatic rings. The molecule has 5 nitrogen and oxygen atoms in total. The van der Waals surface area contributed by atoms with Gasteiger partial charge in [0, 0.05) is 10.7 Å². The van der Waals surface area contributed by atoms with Gasteiger partial charge in [0.1, 0.15) is 18.2 Å². The number of nitrogens with one attached hydrogen (secondary N) is 1. The van der Waals surface area contributed by atoms with Gasteiger partial charge < -0.3 is 14.8 Å². The fourth-order valence-electron chi connectivity index (χ4n) is 2.93. The van der Waals surface area contributed by atoms with Crippen molar-refractivity contribution in [3.05, 3.63) is 93.0 Å². The number of carbonyl (C=O) groups excluding carboxylic acids is 1. The lowest BCUT2D eigenvalue weighted by atomic mass is 10.1. The van der Waals surface area contributed by atoms with E-state index < -0.39 is 5.91 Å². The van der Waals surface area contributed by atoms with Gasteiger partial charge in [0.05, 0.1) is 12.1 Å². The quantitative estimate of drug-likeness (QED) is 0.321. The van der Waals surface area contributed by atoms with Crippen LogP contribution in [0, 0.1) is 18.3 Å². The van der Waals surface area contributed by atoms with E-state index in [1.54, 1.807) is 30.3 Å². The second-order valence-corrected chi connectivity index (χ2v) is 7.74. The van der Waals surface area contributed by atoms with Gasteiger partial charge in [-0.1, -0.05) is 59.6 Å². The van der Waals surface area contributed by atoms with Gasteiger partial charge in [-0.3, -0.25) is 4.79 Å². The van der Waals surface area contributed by atoms with Crippen LogP contribution in [0.25, 0.3) is 6.08 Å². The molecule has 0 aromatic heterocycles. The average molecular weight is 467 g/mol. The molecule has 0 aliphatic carbocycles. The Morgan fingerprint density at radius 3 is 2.56 bits per heavy atom. The summed E-state index contributed by atoms with van der Waals surface area (Å²) >= 11 is 12.4. The average Bonchev–Trinajstić information content (AvgIpc) is 2.79. The van der Waals surface area contributed by atoms with Crippen molar-refractivity contribution in [3.8, 4) is 17.6 Å². The molecular formula is C25H20Cl2N2O3. The molecule has 162 valence electrons. The molecule has 0 fully saturated rings. The monoisotopic (exact) mass is 466 g/mol. The number of benzene rings is 3. The van der Waals surface area contributed by atoms with Crippen molar-refractivity contribution in [2.24, 2.45) is 0 Å². The van der Waals surface area contributed by atoms with Crippen molar-refractivity contribution >= 4 is 40.9 Å². The second-order valence-electron chi connectivity index (χ2n) is 6.89. The molecule has 0 saturated heterocycles. The van der Waals surface area contributed by atoms with Crippen molar-refractivity contribution < 1.29 is 14.3 Å². The van der Waals surface area contributed by atoms with Gasteiger partial charge >= 0.3 is 0 Å². The van der Waals surface area contributed by atoms with Crippen LogP contribution in [0.4, 0.5) is 5.69 Å². The van der Waals surface area contributed by atoms with Crippen LogP contribution in [0.1, 0.15) is 16.7 Å².